The first-order chi connectivity index (χ1) is 12.2. The summed E-state index contributed by atoms with van der Waals surface area (Å²) in [5, 5.41) is 2.29. The van der Waals surface area contributed by atoms with E-state index in [9.17, 15) is 4.46 Å². The van der Waals surface area contributed by atoms with Crippen molar-refractivity contribution >= 4 is 67.2 Å². The van der Waals surface area contributed by atoms with E-state index in [-0.39, 0.29) is 19.8 Å². The van der Waals surface area contributed by atoms with E-state index in [4.69, 9.17) is 17.4 Å². The first-order valence-electron chi connectivity index (χ1n) is 7.24. The molecule has 25 heavy (non-hydrogen) atoms. The van der Waals surface area contributed by atoms with E-state index in [0.29, 0.717) is 18.3 Å². The Morgan fingerprint density at radius 3 is 2.00 bits per heavy atom. The van der Waals surface area contributed by atoms with Crippen LogP contribution in [0.1, 0.15) is 0 Å². The molecule has 11 heteroatoms. The first-order valence-corrected chi connectivity index (χ1v) is 15.1. The van der Waals surface area contributed by atoms with Gasteiger partial charge in [0.05, 0.1) is 0 Å². The van der Waals surface area contributed by atoms with E-state index < -0.39 is 18.7 Å². The molecule has 0 N–H and O–H groups in total. The maximum Gasteiger partial charge on any atom is 0.578 e. The molecular formula is C14H14O5Si6. The van der Waals surface area contributed by atoms with Crippen molar-refractivity contribution in [2.24, 2.45) is 0 Å². The van der Waals surface area contributed by atoms with Gasteiger partial charge in [0.15, 0.2) is 9.28 Å². The molecular weight excluding hydrogens is 417 g/mol. The van der Waals surface area contributed by atoms with Gasteiger partial charge >= 0.3 is 29.4 Å². The second kappa shape index (κ2) is 11.8. The third kappa shape index (κ3) is 7.97. The molecule has 10 radical (unpaired) electrons. The van der Waals surface area contributed by atoms with Gasteiger partial charge in [-0.1, -0.05) is 53.7 Å². The highest BCUT2D eigenvalue weighted by Crippen LogP contribution is 2.16. The van der Waals surface area contributed by atoms with E-state index >= 15 is 0 Å². The lowest BCUT2D eigenvalue weighted by atomic mass is 10.1. The van der Waals surface area contributed by atoms with Crippen molar-refractivity contribution in [2.75, 3.05) is 0 Å². The maximum absolute atomic E-state index is 10.4. The van der Waals surface area contributed by atoms with Crippen LogP contribution in [-0.4, -0.2) is 56.8 Å². The molecule has 0 atom stereocenters. The Morgan fingerprint density at radius 1 is 0.840 bits per heavy atom. The number of rotatable bonds is 11. The van der Waals surface area contributed by atoms with Gasteiger partial charge in [0.25, 0.3) is 9.04 Å². The minimum Gasteiger partial charge on any atom is -0.571 e. The van der Waals surface area contributed by atoms with Crippen molar-refractivity contribution in [3.63, 3.8) is 0 Å². The molecule has 0 unspecified atom stereocenters. The average Bonchev–Trinajstić information content (AvgIpc) is 2.63. The largest absolute Gasteiger partial charge is 0.578 e. The molecule has 0 fully saturated rings. The van der Waals surface area contributed by atoms with Crippen LogP contribution >= 0.6 is 0 Å². The molecule has 0 bridgehead atoms. The molecule has 2 aromatic rings. The third-order valence-corrected chi connectivity index (χ3v) is 8.45. The Morgan fingerprint density at radius 2 is 1.44 bits per heavy atom. The van der Waals surface area contributed by atoms with Crippen LogP contribution in [0.2, 0.25) is 13.1 Å². The van der Waals surface area contributed by atoms with Gasteiger partial charge in [0.1, 0.15) is 9.04 Å². The van der Waals surface area contributed by atoms with E-state index in [1.165, 1.54) is 10.8 Å². The van der Waals surface area contributed by atoms with Crippen molar-refractivity contribution in [2.45, 2.75) is 13.1 Å². The fourth-order valence-corrected chi connectivity index (χ4v) is 6.17. The Bertz CT molecular complexity index is 637. The van der Waals surface area contributed by atoms with Gasteiger partial charge in [0, 0.05) is 0 Å². The van der Waals surface area contributed by atoms with Gasteiger partial charge in [0.2, 0.25) is 0 Å². The quantitative estimate of drug-likeness (QED) is 0.220. The highest BCUT2D eigenvalue weighted by Gasteiger charge is 2.04. The van der Waals surface area contributed by atoms with Crippen LogP contribution in [0.4, 0.5) is 0 Å². The predicted molar refractivity (Wildman–Crippen MR) is 102 cm³/mol. The maximum atomic E-state index is 10.4. The molecule has 0 aliphatic heterocycles. The lowest BCUT2D eigenvalue weighted by molar-refractivity contribution is -0.114. The van der Waals surface area contributed by atoms with Gasteiger partial charge in [-0.05, 0) is 29.4 Å². The molecule has 0 spiro atoms. The van der Waals surface area contributed by atoms with Gasteiger partial charge < -0.3 is 12.7 Å². The molecule has 0 aliphatic rings. The predicted octanol–water partition coefficient (Wildman–Crippen LogP) is 0.193. The topological polar surface area (TPSA) is 54.0 Å². The molecule has 0 aliphatic carbocycles. The molecule has 2 aromatic carbocycles. The standard InChI is InChI=1S/C14H14O5Si6/c1-25(2)17-16-23-19-24-21-14-9-5-12(6-10-14)11-3-7-13(8-4-11)20-18-22-15/h3-10H,1-2H3. The van der Waals surface area contributed by atoms with Crippen LogP contribution in [0.25, 0.3) is 11.1 Å². The second-order valence-electron chi connectivity index (χ2n) is 4.93. The Balaban J connectivity index is 1.78. The number of hydrogen-bond acceptors (Lipinski definition) is 5. The fourth-order valence-electron chi connectivity index (χ4n) is 1.78. The first kappa shape index (κ1) is 20.5. The summed E-state index contributed by atoms with van der Waals surface area (Å²) in [5.74, 6) is 0. The highest BCUT2D eigenvalue weighted by atomic mass is 29.2. The summed E-state index contributed by atoms with van der Waals surface area (Å²) < 4.78 is 30.8. The molecule has 0 heterocycles. The molecule has 124 valence electrons. The molecule has 0 saturated carbocycles. The summed E-state index contributed by atoms with van der Waals surface area (Å²) in [7, 11) is -0.476. The summed E-state index contributed by atoms with van der Waals surface area (Å²) >= 11 is 0. The Hall–Kier alpha value is -0.779. The van der Waals surface area contributed by atoms with Gasteiger partial charge in [-0.25, -0.2) is 0 Å². The minimum atomic E-state index is -0.822. The van der Waals surface area contributed by atoms with Crippen molar-refractivity contribution in [1.82, 2.24) is 0 Å². The van der Waals surface area contributed by atoms with Gasteiger partial charge in [-0.2, -0.15) is 0 Å². The molecule has 0 saturated heterocycles. The van der Waals surface area contributed by atoms with Crippen molar-refractivity contribution in [3.05, 3.63) is 48.5 Å². The molecule has 2 rings (SSSR count). The minimum absolute atomic E-state index is 0.0559. The zero-order valence-electron chi connectivity index (χ0n) is 13.7. The number of benzene rings is 2. The van der Waals surface area contributed by atoms with E-state index in [0.717, 1.165) is 10.8 Å². The van der Waals surface area contributed by atoms with Gasteiger partial charge in [-0.15, -0.1) is 0 Å². The lowest BCUT2D eigenvalue weighted by Gasteiger charge is -2.06. The zero-order valence-corrected chi connectivity index (χ0v) is 19.7. The zero-order chi connectivity index (χ0) is 17.9. The smallest absolute Gasteiger partial charge is 0.571 e. The molecule has 0 aromatic heterocycles. The molecule has 0 amide bonds. The summed E-state index contributed by atoms with van der Waals surface area (Å²) in [5.41, 5.74) is 2.31. The van der Waals surface area contributed by atoms with E-state index in [2.05, 4.69) is 36.4 Å². The third-order valence-electron chi connectivity index (χ3n) is 2.84. The number of hydrogen-bond donors (Lipinski definition) is 0. The Labute approximate surface area is 161 Å². The lowest BCUT2D eigenvalue weighted by Crippen LogP contribution is -2.25. The fraction of sp³-hybridized carbons (Fsp3) is 0.143. The van der Waals surface area contributed by atoms with Crippen molar-refractivity contribution in [1.29, 1.82) is 0 Å². The second-order valence-corrected chi connectivity index (χ2v) is 12.2. The van der Waals surface area contributed by atoms with Crippen LogP contribution < -0.4 is 10.4 Å². The SMILES string of the molecule is C[Si](C)OO[Si]O[Si][Si]c1ccc(-c2ccc([Si]O[Si]=O)cc2)cc1. The molecule has 5 nitrogen and oxygen atoms in total. The van der Waals surface area contributed by atoms with Crippen LogP contribution in [0.3, 0.4) is 0 Å². The normalized spacial score (nSPS) is 10.8. The van der Waals surface area contributed by atoms with Crippen LogP contribution in [0, 0.1) is 0 Å². The highest BCUT2D eigenvalue weighted by molar-refractivity contribution is 7.05. The van der Waals surface area contributed by atoms with E-state index in [1.54, 1.807) is 0 Å². The van der Waals surface area contributed by atoms with Crippen molar-refractivity contribution in [3.8, 4) is 11.1 Å². The van der Waals surface area contributed by atoms with Crippen LogP contribution in [-0.2, 0) is 21.8 Å². The Kier molecular flexibility index (Phi) is 9.66. The van der Waals surface area contributed by atoms with Crippen molar-refractivity contribution < 1.29 is 21.8 Å². The average molecular weight is 431 g/mol. The summed E-state index contributed by atoms with van der Waals surface area (Å²) in [6.07, 6.45) is 0. The summed E-state index contributed by atoms with van der Waals surface area (Å²) in [4.78, 5) is 0. The summed E-state index contributed by atoms with van der Waals surface area (Å²) in [6.45, 7) is 4.02. The van der Waals surface area contributed by atoms with Gasteiger partial charge in [-0.3, -0.25) is 9.15 Å². The summed E-state index contributed by atoms with van der Waals surface area (Å²) in [6, 6.07) is 16.6. The van der Waals surface area contributed by atoms with E-state index in [1.807, 2.05) is 25.2 Å². The monoisotopic (exact) mass is 430 g/mol. The van der Waals surface area contributed by atoms with Crippen LogP contribution in [0.5, 0.6) is 0 Å². The van der Waals surface area contributed by atoms with Crippen LogP contribution in [0.15, 0.2) is 48.5 Å².